The summed E-state index contributed by atoms with van der Waals surface area (Å²) in [6.45, 7) is 7.41. The topological polar surface area (TPSA) is 40.7 Å². The van der Waals surface area contributed by atoms with Crippen LogP contribution in [0.25, 0.3) is 22.2 Å². The molecule has 0 amide bonds. The van der Waals surface area contributed by atoms with E-state index in [4.69, 9.17) is 0 Å². The van der Waals surface area contributed by atoms with Crippen LogP contribution in [-0.4, -0.2) is 16.0 Å². The second-order valence-electron chi connectivity index (χ2n) is 8.67. The van der Waals surface area contributed by atoms with E-state index in [1.165, 1.54) is 25.7 Å². The smallest absolute Gasteiger partial charge is 0.131 e. The molecule has 3 nitrogen and oxygen atoms in total. The summed E-state index contributed by atoms with van der Waals surface area (Å²) in [7, 11) is 0. The Morgan fingerprint density at radius 3 is 2.63 bits per heavy atom. The van der Waals surface area contributed by atoms with Crippen LogP contribution in [0.15, 0.2) is 36.7 Å². The molecule has 4 heteroatoms. The zero-order valence-electron chi connectivity index (χ0n) is 16.4. The molecule has 27 heavy (non-hydrogen) atoms. The molecule has 0 aliphatic heterocycles. The molecule has 1 aliphatic carbocycles. The summed E-state index contributed by atoms with van der Waals surface area (Å²) < 4.78 is 14.9. The summed E-state index contributed by atoms with van der Waals surface area (Å²) in [5.74, 6) is -0.169. The Balaban J connectivity index is 1.48. The fourth-order valence-electron chi connectivity index (χ4n) is 4.19. The molecule has 0 spiro atoms. The normalized spacial score (nSPS) is 17.5. The molecule has 1 aliphatic rings. The fourth-order valence-corrected chi connectivity index (χ4v) is 4.19. The van der Waals surface area contributed by atoms with E-state index in [0.717, 1.165) is 34.3 Å². The van der Waals surface area contributed by atoms with E-state index in [2.05, 4.69) is 29.1 Å². The van der Waals surface area contributed by atoms with E-state index < -0.39 is 0 Å². The first-order chi connectivity index (χ1) is 12.9. The van der Waals surface area contributed by atoms with Crippen LogP contribution in [0.5, 0.6) is 0 Å². The monoisotopic (exact) mass is 365 g/mol. The summed E-state index contributed by atoms with van der Waals surface area (Å²) in [6.07, 6.45) is 6.60. The lowest BCUT2D eigenvalue weighted by atomic mass is 9.75. The molecule has 1 fully saturated rings. The number of hydrogen-bond acceptors (Lipinski definition) is 2. The Labute approximate surface area is 160 Å². The summed E-state index contributed by atoms with van der Waals surface area (Å²) in [5.41, 5.74) is 5.90. The Morgan fingerprint density at radius 1 is 1.15 bits per heavy atom. The number of aryl methyl sites for hydroxylation is 1. The first kappa shape index (κ1) is 18.2. The Morgan fingerprint density at radius 2 is 1.89 bits per heavy atom. The minimum Gasteiger partial charge on any atom is -0.345 e. The summed E-state index contributed by atoms with van der Waals surface area (Å²) in [5, 5.41) is 3.61. The van der Waals surface area contributed by atoms with Crippen molar-refractivity contribution in [3.63, 3.8) is 0 Å². The fraction of sp³-hybridized carbons (Fsp3) is 0.435. The molecule has 0 unspecified atom stereocenters. The lowest BCUT2D eigenvalue weighted by Crippen LogP contribution is -2.35. The van der Waals surface area contributed by atoms with Gasteiger partial charge in [-0.25, -0.2) is 9.37 Å². The van der Waals surface area contributed by atoms with Crippen LogP contribution in [0, 0.1) is 18.2 Å². The molecular formula is C23H28FN3. The van der Waals surface area contributed by atoms with Gasteiger partial charge in [-0.2, -0.15) is 0 Å². The molecule has 0 radical (unpaired) electrons. The number of nitrogens with zero attached hydrogens (tertiary/aromatic N) is 1. The van der Waals surface area contributed by atoms with Gasteiger partial charge < -0.3 is 10.3 Å². The van der Waals surface area contributed by atoms with E-state index in [0.29, 0.717) is 17.0 Å². The second-order valence-corrected chi connectivity index (χ2v) is 8.67. The molecule has 1 heterocycles. The van der Waals surface area contributed by atoms with Crippen molar-refractivity contribution in [1.82, 2.24) is 15.3 Å². The van der Waals surface area contributed by atoms with Crippen molar-refractivity contribution in [3.05, 3.63) is 53.6 Å². The molecule has 1 aromatic heterocycles. The zero-order valence-corrected chi connectivity index (χ0v) is 16.4. The van der Waals surface area contributed by atoms with E-state index in [1.54, 1.807) is 12.4 Å². The van der Waals surface area contributed by atoms with Crippen LogP contribution in [0.3, 0.4) is 0 Å². The summed E-state index contributed by atoms with van der Waals surface area (Å²) >= 11 is 0. The van der Waals surface area contributed by atoms with E-state index in [1.807, 2.05) is 31.2 Å². The molecule has 3 aromatic rings. The first-order valence-corrected chi connectivity index (χ1v) is 9.88. The highest BCUT2D eigenvalue weighted by Crippen LogP contribution is 2.35. The molecule has 0 saturated heterocycles. The number of halogens is 1. The number of imidazole rings is 1. The van der Waals surface area contributed by atoms with Crippen LogP contribution < -0.4 is 5.32 Å². The highest BCUT2D eigenvalue weighted by atomic mass is 19.1. The van der Waals surface area contributed by atoms with Crippen LogP contribution in [0.1, 0.15) is 50.7 Å². The maximum absolute atomic E-state index is 14.9. The minimum atomic E-state index is -0.169. The Hall–Kier alpha value is -2.20. The molecule has 142 valence electrons. The molecule has 0 atom stereocenters. The predicted molar refractivity (Wildman–Crippen MR) is 109 cm³/mol. The molecule has 2 N–H and O–H groups in total. The number of hydrogen-bond donors (Lipinski definition) is 2. The van der Waals surface area contributed by atoms with Gasteiger partial charge in [0.1, 0.15) is 5.82 Å². The summed E-state index contributed by atoms with van der Waals surface area (Å²) in [6, 6.07) is 10.1. The molecular weight excluding hydrogens is 337 g/mol. The third-order valence-corrected chi connectivity index (χ3v) is 6.10. The van der Waals surface area contributed by atoms with Crippen molar-refractivity contribution < 1.29 is 4.39 Å². The standard InChI is InChI=1S/C23H28FN3/c1-15-18(6-7-21-22(15)27-14-26-21)19-5-4-16(12-20(19)24)13-25-17-8-10-23(2,3)11-9-17/h4-7,12,14,17,25H,8-11,13H2,1-3H3,(H,26,27). The van der Waals surface area contributed by atoms with Crippen LogP contribution in [0.2, 0.25) is 0 Å². The van der Waals surface area contributed by atoms with Gasteiger partial charge in [-0.1, -0.05) is 32.0 Å². The number of H-pyrrole nitrogens is 1. The van der Waals surface area contributed by atoms with Crippen LogP contribution in [0.4, 0.5) is 4.39 Å². The van der Waals surface area contributed by atoms with Crippen molar-refractivity contribution in [2.75, 3.05) is 0 Å². The largest absolute Gasteiger partial charge is 0.345 e. The molecule has 4 rings (SSSR count). The van der Waals surface area contributed by atoms with Crippen molar-refractivity contribution in [1.29, 1.82) is 0 Å². The predicted octanol–water partition coefficient (Wildman–Crippen LogP) is 5.74. The number of fused-ring (bicyclic) bond motifs is 1. The van der Waals surface area contributed by atoms with Gasteiger partial charge in [-0.15, -0.1) is 0 Å². The lowest BCUT2D eigenvalue weighted by molar-refractivity contribution is 0.206. The number of benzene rings is 2. The highest BCUT2D eigenvalue weighted by Gasteiger charge is 2.26. The van der Waals surface area contributed by atoms with Gasteiger partial charge in [0.2, 0.25) is 0 Å². The average molecular weight is 365 g/mol. The molecule has 0 bridgehead atoms. The average Bonchev–Trinajstić information content (AvgIpc) is 3.12. The van der Waals surface area contributed by atoms with Gasteiger partial charge >= 0.3 is 0 Å². The van der Waals surface area contributed by atoms with Gasteiger partial charge in [-0.3, -0.25) is 0 Å². The molecule has 2 aromatic carbocycles. The van der Waals surface area contributed by atoms with Gasteiger partial charge in [0, 0.05) is 18.2 Å². The van der Waals surface area contributed by atoms with Crippen LogP contribution in [-0.2, 0) is 6.54 Å². The van der Waals surface area contributed by atoms with Crippen molar-refractivity contribution >= 4 is 11.0 Å². The van der Waals surface area contributed by atoms with Gasteiger partial charge in [-0.05, 0) is 66.8 Å². The number of aromatic nitrogens is 2. The third kappa shape index (κ3) is 3.77. The van der Waals surface area contributed by atoms with E-state index >= 15 is 0 Å². The van der Waals surface area contributed by atoms with E-state index in [9.17, 15) is 4.39 Å². The van der Waals surface area contributed by atoms with Crippen molar-refractivity contribution in [3.8, 4) is 11.1 Å². The number of aromatic amines is 1. The molecule has 1 saturated carbocycles. The van der Waals surface area contributed by atoms with Crippen LogP contribution >= 0.6 is 0 Å². The first-order valence-electron chi connectivity index (χ1n) is 9.88. The SMILES string of the molecule is Cc1c(-c2ccc(CNC3CCC(C)(C)CC3)cc2F)ccc2[nH]cnc12. The summed E-state index contributed by atoms with van der Waals surface area (Å²) in [4.78, 5) is 7.46. The maximum Gasteiger partial charge on any atom is 0.131 e. The van der Waals surface area contributed by atoms with Gasteiger partial charge in [0.05, 0.1) is 17.4 Å². The Kier molecular flexibility index (Phi) is 4.77. The number of rotatable bonds is 4. The quantitative estimate of drug-likeness (QED) is 0.619. The minimum absolute atomic E-state index is 0.169. The van der Waals surface area contributed by atoms with Crippen molar-refractivity contribution in [2.45, 2.75) is 59.0 Å². The van der Waals surface area contributed by atoms with E-state index in [-0.39, 0.29) is 5.82 Å². The lowest BCUT2D eigenvalue weighted by Gasteiger charge is -2.34. The Bertz CT molecular complexity index is 947. The van der Waals surface area contributed by atoms with Crippen molar-refractivity contribution in [2.24, 2.45) is 5.41 Å². The zero-order chi connectivity index (χ0) is 19.0. The van der Waals surface area contributed by atoms with Gasteiger partial charge in [0.25, 0.3) is 0 Å². The maximum atomic E-state index is 14.9. The highest BCUT2D eigenvalue weighted by molar-refractivity contribution is 5.86. The van der Waals surface area contributed by atoms with Gasteiger partial charge in [0.15, 0.2) is 0 Å². The number of nitrogens with one attached hydrogen (secondary N) is 2. The second kappa shape index (κ2) is 7.08. The third-order valence-electron chi connectivity index (χ3n) is 6.10.